The van der Waals surface area contributed by atoms with Crippen LogP contribution < -0.4 is 33.2 Å². The van der Waals surface area contributed by atoms with E-state index in [0.29, 0.717) is 24.9 Å². The maximum Gasteiger partial charge on any atom is 0.326 e. The van der Waals surface area contributed by atoms with E-state index in [1.54, 1.807) is 18.3 Å². The standard InChI is InChI=1S/C30H39N7O7/c31-12-4-3-7-23(30(43)44)35-29(42)25(15-26(33)39)37-28(41)24(13-17-8-10-19(38)11-9-17)36-27(40)21(32)14-18-16-34-22-6-2-1-5-20(18)22/h1-2,5-6,8-11,16,21,23-25,34,38H,3-4,7,12-15,31-32H2,(H2,33,39)(H,35,42)(H,36,40)(H,37,41)(H,43,44). The molecule has 14 nitrogen and oxygen atoms in total. The van der Waals surface area contributed by atoms with Crippen LogP contribution in [0.5, 0.6) is 5.75 Å². The van der Waals surface area contributed by atoms with Gasteiger partial charge in [0.05, 0.1) is 12.5 Å². The fraction of sp³-hybridized carbons (Fsp3) is 0.367. The molecule has 0 radical (unpaired) electrons. The predicted octanol–water partition coefficient (Wildman–Crippen LogP) is -0.471. The molecule has 0 bridgehead atoms. The number of carbonyl (C=O) groups is 5. The zero-order valence-corrected chi connectivity index (χ0v) is 24.1. The van der Waals surface area contributed by atoms with Gasteiger partial charge >= 0.3 is 5.97 Å². The molecule has 1 aromatic heterocycles. The number of nitrogens with two attached hydrogens (primary N) is 3. The number of aromatic nitrogens is 1. The first kappa shape index (κ1) is 33.6. The minimum Gasteiger partial charge on any atom is -0.508 e. The lowest BCUT2D eigenvalue weighted by Crippen LogP contribution is -2.58. The third kappa shape index (κ3) is 9.81. The zero-order valence-electron chi connectivity index (χ0n) is 24.1. The molecule has 4 amide bonds. The Balaban J connectivity index is 1.78. The summed E-state index contributed by atoms with van der Waals surface area (Å²) in [5, 5.41) is 27.5. The number of carboxylic acid groups (broad SMARTS) is 1. The van der Waals surface area contributed by atoms with Crippen molar-refractivity contribution >= 4 is 40.5 Å². The summed E-state index contributed by atoms with van der Waals surface area (Å²) in [6.45, 7) is 0.347. The third-order valence-corrected chi connectivity index (χ3v) is 7.06. The Morgan fingerprint density at radius 1 is 0.818 bits per heavy atom. The van der Waals surface area contributed by atoms with Gasteiger partial charge in [-0.15, -0.1) is 0 Å². The number of carboxylic acids is 1. The number of amides is 4. The summed E-state index contributed by atoms with van der Waals surface area (Å²) in [5.41, 5.74) is 19.3. The molecule has 4 unspecified atom stereocenters. The van der Waals surface area contributed by atoms with Gasteiger partial charge in [0, 0.05) is 23.5 Å². The van der Waals surface area contributed by atoms with Gasteiger partial charge in [-0.25, -0.2) is 4.79 Å². The quantitative estimate of drug-likeness (QED) is 0.0895. The molecule has 0 aliphatic heterocycles. The average molecular weight is 610 g/mol. The van der Waals surface area contributed by atoms with Gasteiger partial charge < -0.3 is 48.3 Å². The van der Waals surface area contributed by atoms with Crippen LogP contribution in [0.4, 0.5) is 0 Å². The number of aromatic hydroxyl groups is 1. The zero-order chi connectivity index (χ0) is 32.2. The van der Waals surface area contributed by atoms with E-state index in [2.05, 4.69) is 20.9 Å². The van der Waals surface area contributed by atoms with Crippen LogP contribution >= 0.6 is 0 Å². The molecule has 12 N–H and O–H groups in total. The van der Waals surface area contributed by atoms with Gasteiger partial charge in [-0.1, -0.05) is 30.3 Å². The third-order valence-electron chi connectivity index (χ3n) is 7.06. The Labute approximate surface area is 253 Å². The van der Waals surface area contributed by atoms with Gasteiger partial charge in [-0.2, -0.15) is 0 Å². The van der Waals surface area contributed by atoms with Crippen molar-refractivity contribution in [3.05, 3.63) is 65.9 Å². The van der Waals surface area contributed by atoms with E-state index in [4.69, 9.17) is 17.2 Å². The van der Waals surface area contributed by atoms with E-state index in [1.165, 1.54) is 12.1 Å². The van der Waals surface area contributed by atoms with Crippen molar-refractivity contribution in [2.45, 2.75) is 62.7 Å². The number of phenolic OH excluding ortho intramolecular Hbond substituents is 1. The molecule has 0 saturated carbocycles. The first-order valence-electron chi connectivity index (χ1n) is 14.2. The van der Waals surface area contributed by atoms with Crippen LogP contribution in [-0.2, 0) is 36.8 Å². The van der Waals surface area contributed by atoms with Gasteiger partial charge in [-0.05, 0) is 61.6 Å². The number of benzene rings is 2. The van der Waals surface area contributed by atoms with E-state index in [9.17, 15) is 34.2 Å². The van der Waals surface area contributed by atoms with Crippen LogP contribution in [0.25, 0.3) is 10.9 Å². The van der Waals surface area contributed by atoms with Crippen LogP contribution in [0, 0.1) is 0 Å². The van der Waals surface area contributed by atoms with Crippen LogP contribution in [0.2, 0.25) is 0 Å². The number of unbranched alkanes of at least 4 members (excludes halogenated alkanes) is 1. The monoisotopic (exact) mass is 609 g/mol. The largest absolute Gasteiger partial charge is 0.508 e. The van der Waals surface area contributed by atoms with Crippen LogP contribution in [-0.4, -0.2) is 75.5 Å². The maximum atomic E-state index is 13.5. The lowest BCUT2D eigenvalue weighted by Gasteiger charge is -2.25. The Bertz CT molecular complexity index is 1460. The number of H-pyrrole nitrogens is 1. The first-order valence-corrected chi connectivity index (χ1v) is 14.2. The topological polar surface area (TPSA) is 256 Å². The second kappa shape index (κ2) is 16.0. The first-order chi connectivity index (χ1) is 21.0. The number of aromatic amines is 1. The summed E-state index contributed by atoms with van der Waals surface area (Å²) in [5.74, 6) is -4.61. The van der Waals surface area contributed by atoms with E-state index in [0.717, 1.165) is 16.5 Å². The summed E-state index contributed by atoms with van der Waals surface area (Å²) in [6.07, 6.45) is 2.31. The van der Waals surface area contributed by atoms with Crippen molar-refractivity contribution < 1.29 is 34.2 Å². The number of hydrogen-bond acceptors (Lipinski definition) is 8. The van der Waals surface area contributed by atoms with E-state index in [-0.39, 0.29) is 25.0 Å². The van der Waals surface area contributed by atoms with Crippen molar-refractivity contribution in [1.82, 2.24) is 20.9 Å². The second-order valence-corrected chi connectivity index (χ2v) is 10.5. The highest BCUT2D eigenvalue weighted by Crippen LogP contribution is 2.19. The summed E-state index contributed by atoms with van der Waals surface area (Å²) < 4.78 is 0. The molecule has 0 spiro atoms. The van der Waals surface area contributed by atoms with E-state index in [1.807, 2.05) is 24.3 Å². The van der Waals surface area contributed by atoms with Crippen molar-refractivity contribution in [3.8, 4) is 5.75 Å². The number of aliphatic carboxylic acids is 1. The van der Waals surface area contributed by atoms with E-state index < -0.39 is 60.2 Å². The molecular weight excluding hydrogens is 570 g/mol. The number of carbonyl (C=O) groups excluding carboxylic acids is 4. The molecule has 0 fully saturated rings. The lowest BCUT2D eigenvalue weighted by molar-refractivity contribution is -0.142. The molecule has 0 aliphatic rings. The Kier molecular flexibility index (Phi) is 12.2. The molecule has 236 valence electrons. The maximum absolute atomic E-state index is 13.5. The fourth-order valence-electron chi connectivity index (χ4n) is 4.69. The predicted molar refractivity (Wildman–Crippen MR) is 162 cm³/mol. The fourth-order valence-corrected chi connectivity index (χ4v) is 4.69. The molecule has 0 saturated heterocycles. The van der Waals surface area contributed by atoms with Gasteiger partial charge in [0.1, 0.15) is 23.9 Å². The summed E-state index contributed by atoms with van der Waals surface area (Å²) in [6, 6.07) is 8.35. The number of phenols is 1. The minimum absolute atomic E-state index is 0.00261. The normalized spacial score (nSPS) is 13.8. The van der Waals surface area contributed by atoms with Crippen molar-refractivity contribution in [3.63, 3.8) is 0 Å². The Hall–Kier alpha value is -4.95. The molecule has 3 aromatic rings. The Morgan fingerprint density at radius 2 is 1.45 bits per heavy atom. The Morgan fingerprint density at radius 3 is 2.11 bits per heavy atom. The van der Waals surface area contributed by atoms with Crippen molar-refractivity contribution in [1.29, 1.82) is 0 Å². The molecule has 1 heterocycles. The average Bonchev–Trinajstić information content (AvgIpc) is 3.39. The molecule has 2 aromatic carbocycles. The number of hydrogen-bond donors (Lipinski definition) is 9. The minimum atomic E-state index is -1.52. The molecule has 0 aliphatic carbocycles. The number of primary amides is 1. The lowest BCUT2D eigenvalue weighted by atomic mass is 10.0. The smallest absolute Gasteiger partial charge is 0.326 e. The SMILES string of the molecule is NCCCCC(NC(=O)C(CC(N)=O)NC(=O)C(Cc1ccc(O)cc1)NC(=O)C(N)Cc1c[nH]c2ccccc12)C(=O)O. The molecule has 44 heavy (non-hydrogen) atoms. The highest BCUT2D eigenvalue weighted by atomic mass is 16.4. The van der Waals surface area contributed by atoms with Crippen LogP contribution in [0.1, 0.15) is 36.8 Å². The molecule has 3 rings (SSSR count). The van der Waals surface area contributed by atoms with Gasteiger partial charge in [0.15, 0.2) is 0 Å². The second-order valence-electron chi connectivity index (χ2n) is 10.5. The summed E-state index contributed by atoms with van der Waals surface area (Å²) >= 11 is 0. The van der Waals surface area contributed by atoms with E-state index >= 15 is 0 Å². The van der Waals surface area contributed by atoms with Crippen molar-refractivity contribution in [2.24, 2.45) is 17.2 Å². The van der Waals surface area contributed by atoms with Crippen molar-refractivity contribution in [2.75, 3.05) is 6.54 Å². The van der Waals surface area contributed by atoms with Gasteiger partial charge in [-0.3, -0.25) is 19.2 Å². The molecular formula is C30H39N7O7. The molecule has 4 atom stereocenters. The number of rotatable bonds is 17. The van der Waals surface area contributed by atoms with Crippen LogP contribution in [0.3, 0.4) is 0 Å². The molecule has 14 heteroatoms. The highest BCUT2D eigenvalue weighted by molar-refractivity contribution is 5.96. The summed E-state index contributed by atoms with van der Waals surface area (Å²) in [7, 11) is 0. The van der Waals surface area contributed by atoms with Gasteiger partial charge in [0.2, 0.25) is 23.6 Å². The van der Waals surface area contributed by atoms with Crippen LogP contribution in [0.15, 0.2) is 54.7 Å². The van der Waals surface area contributed by atoms with Gasteiger partial charge in [0.25, 0.3) is 0 Å². The number of nitrogens with one attached hydrogen (secondary N) is 4. The highest BCUT2D eigenvalue weighted by Gasteiger charge is 2.31. The number of fused-ring (bicyclic) bond motifs is 1. The number of para-hydroxylation sites is 1. The summed E-state index contributed by atoms with van der Waals surface area (Å²) in [4.78, 5) is 66.4.